The smallest absolute Gasteiger partial charge is 0.246 e. The molecular formula is C20H30N4O. The Bertz CT molecular complexity index is 696. The summed E-state index contributed by atoms with van der Waals surface area (Å²) < 4.78 is 1.91. The molecule has 1 aliphatic carbocycles. The lowest BCUT2D eigenvalue weighted by Crippen LogP contribution is -2.48. The molecule has 0 bridgehead atoms. The molecule has 136 valence electrons. The van der Waals surface area contributed by atoms with E-state index in [1.54, 1.807) is 12.4 Å². The quantitative estimate of drug-likeness (QED) is 0.837. The van der Waals surface area contributed by atoms with Crippen molar-refractivity contribution in [3.05, 3.63) is 36.5 Å². The summed E-state index contributed by atoms with van der Waals surface area (Å²) in [6, 6.07) is 3.88. The second-order valence-corrected chi connectivity index (χ2v) is 7.34. The Morgan fingerprint density at radius 2 is 2.00 bits per heavy atom. The molecule has 2 heterocycles. The third-order valence-electron chi connectivity index (χ3n) is 4.08. The van der Waals surface area contributed by atoms with Gasteiger partial charge in [0.25, 0.3) is 0 Å². The highest BCUT2D eigenvalue weighted by Crippen LogP contribution is 2.31. The van der Waals surface area contributed by atoms with Gasteiger partial charge in [-0.05, 0) is 37.8 Å². The molecule has 0 N–H and O–H groups in total. The molecule has 5 heteroatoms. The van der Waals surface area contributed by atoms with E-state index < -0.39 is 5.41 Å². The summed E-state index contributed by atoms with van der Waals surface area (Å²) in [7, 11) is 0. The van der Waals surface area contributed by atoms with E-state index in [0.717, 1.165) is 23.6 Å². The Labute approximate surface area is 151 Å². The molecule has 1 saturated carbocycles. The van der Waals surface area contributed by atoms with Gasteiger partial charge in [-0.25, -0.2) is 14.7 Å². The summed E-state index contributed by atoms with van der Waals surface area (Å²) in [5, 5.41) is 1.86. The number of rotatable bonds is 4. The number of aromatic nitrogens is 3. The van der Waals surface area contributed by atoms with Crippen LogP contribution < -0.4 is 5.01 Å². The molecule has 1 fully saturated rings. The number of carbonyl (C=O) groups excluding carboxylic acids is 1. The Hall–Kier alpha value is -2.17. The number of carbonyl (C=O) groups is 1. The molecule has 1 amide bonds. The van der Waals surface area contributed by atoms with Gasteiger partial charge in [0.15, 0.2) is 0 Å². The maximum absolute atomic E-state index is 12.9. The number of pyridine rings is 1. The summed E-state index contributed by atoms with van der Waals surface area (Å²) in [6.07, 6.45) is 7.89. The second kappa shape index (κ2) is 7.81. The van der Waals surface area contributed by atoms with Crippen molar-refractivity contribution in [3.63, 3.8) is 0 Å². The van der Waals surface area contributed by atoms with E-state index >= 15 is 0 Å². The summed E-state index contributed by atoms with van der Waals surface area (Å²) in [4.78, 5) is 21.7. The third kappa shape index (κ3) is 4.68. The van der Waals surface area contributed by atoms with Gasteiger partial charge in [0.1, 0.15) is 5.82 Å². The highest BCUT2D eigenvalue weighted by atomic mass is 16.2. The minimum Gasteiger partial charge on any atom is -0.272 e. The van der Waals surface area contributed by atoms with Crippen molar-refractivity contribution in [1.29, 1.82) is 0 Å². The van der Waals surface area contributed by atoms with E-state index in [4.69, 9.17) is 0 Å². The third-order valence-corrected chi connectivity index (χ3v) is 4.08. The van der Waals surface area contributed by atoms with Gasteiger partial charge in [0, 0.05) is 29.9 Å². The number of imidazole rings is 1. The second-order valence-electron chi connectivity index (χ2n) is 7.34. The van der Waals surface area contributed by atoms with Crippen LogP contribution in [0, 0.1) is 18.3 Å². The molecule has 0 atom stereocenters. The van der Waals surface area contributed by atoms with E-state index in [0.29, 0.717) is 5.92 Å². The average molecular weight is 342 g/mol. The van der Waals surface area contributed by atoms with Gasteiger partial charge in [-0.3, -0.25) is 9.78 Å². The fourth-order valence-corrected chi connectivity index (χ4v) is 2.56. The Morgan fingerprint density at radius 1 is 1.32 bits per heavy atom. The predicted molar refractivity (Wildman–Crippen MR) is 102 cm³/mol. The molecule has 2 aromatic heterocycles. The topological polar surface area (TPSA) is 51.0 Å². The van der Waals surface area contributed by atoms with Crippen LogP contribution in [0.5, 0.6) is 0 Å². The van der Waals surface area contributed by atoms with Crippen LogP contribution in [-0.2, 0) is 4.79 Å². The molecule has 0 aromatic carbocycles. The lowest BCUT2D eigenvalue weighted by molar-refractivity contribution is -0.127. The molecule has 2 aromatic rings. The number of aryl methyl sites for hydroxylation is 1. The first kappa shape index (κ1) is 19.2. The van der Waals surface area contributed by atoms with Crippen LogP contribution in [0.4, 0.5) is 0 Å². The molecule has 0 saturated heterocycles. The highest BCUT2D eigenvalue weighted by Gasteiger charge is 2.34. The van der Waals surface area contributed by atoms with Crippen LogP contribution in [0.25, 0.3) is 11.3 Å². The fraction of sp³-hybridized carbons (Fsp3) is 0.550. The number of nitrogens with zero attached hydrogens (tertiary/aromatic N) is 4. The van der Waals surface area contributed by atoms with Crippen LogP contribution in [0.2, 0.25) is 0 Å². The normalized spacial score (nSPS) is 13.8. The molecule has 5 nitrogen and oxygen atoms in total. The van der Waals surface area contributed by atoms with E-state index in [2.05, 4.69) is 9.97 Å². The van der Waals surface area contributed by atoms with Crippen molar-refractivity contribution >= 4 is 5.91 Å². The molecule has 0 unspecified atom stereocenters. The number of hydrogen-bond donors (Lipinski definition) is 0. The van der Waals surface area contributed by atoms with E-state index in [-0.39, 0.29) is 5.91 Å². The summed E-state index contributed by atoms with van der Waals surface area (Å²) >= 11 is 0. The number of amides is 1. The van der Waals surface area contributed by atoms with Crippen LogP contribution in [-0.4, -0.2) is 27.1 Å². The zero-order valence-corrected chi connectivity index (χ0v) is 16.3. The first-order valence-corrected chi connectivity index (χ1v) is 9.15. The fourth-order valence-electron chi connectivity index (χ4n) is 2.56. The van der Waals surface area contributed by atoms with Gasteiger partial charge >= 0.3 is 0 Å². The minimum atomic E-state index is -0.417. The van der Waals surface area contributed by atoms with Gasteiger partial charge in [0.2, 0.25) is 5.91 Å². The van der Waals surface area contributed by atoms with E-state index in [1.807, 2.05) is 69.6 Å². The van der Waals surface area contributed by atoms with Gasteiger partial charge < -0.3 is 0 Å². The molecule has 25 heavy (non-hydrogen) atoms. The summed E-state index contributed by atoms with van der Waals surface area (Å²) in [6.45, 7) is 12.6. The number of hydrogen-bond acceptors (Lipinski definition) is 3. The van der Waals surface area contributed by atoms with Crippen molar-refractivity contribution in [3.8, 4) is 11.3 Å². The lowest BCUT2D eigenvalue weighted by Gasteiger charge is -2.30. The molecule has 1 aliphatic rings. The van der Waals surface area contributed by atoms with Crippen LogP contribution >= 0.6 is 0 Å². The van der Waals surface area contributed by atoms with Crippen molar-refractivity contribution in [2.45, 2.75) is 54.4 Å². The Morgan fingerprint density at radius 3 is 2.52 bits per heavy atom. The first-order chi connectivity index (χ1) is 11.9. The van der Waals surface area contributed by atoms with Crippen molar-refractivity contribution in [2.75, 3.05) is 11.6 Å². The molecular weight excluding hydrogens is 312 g/mol. The van der Waals surface area contributed by atoms with Crippen LogP contribution in [0.3, 0.4) is 0 Å². The van der Waals surface area contributed by atoms with Gasteiger partial charge in [-0.1, -0.05) is 34.6 Å². The van der Waals surface area contributed by atoms with E-state index in [9.17, 15) is 4.79 Å². The Kier molecular flexibility index (Phi) is 5.98. The standard InChI is InChI=1S/C18H24N4O.C2H6/c1-13-20-16(15-6-5-9-19-10-15)12-21(13)22(11-14-7-8-14)17(23)18(2,3)4;1-2/h5-6,9-10,12,14H,7-8,11H2,1-4H3;1-2H3. The average Bonchev–Trinajstić information content (AvgIpc) is 3.34. The van der Waals surface area contributed by atoms with Crippen molar-refractivity contribution in [2.24, 2.45) is 11.3 Å². The summed E-state index contributed by atoms with van der Waals surface area (Å²) in [5.74, 6) is 1.56. The van der Waals surface area contributed by atoms with E-state index in [1.165, 1.54) is 12.8 Å². The molecule has 3 rings (SSSR count). The molecule has 0 aliphatic heterocycles. The van der Waals surface area contributed by atoms with Gasteiger partial charge in [-0.2, -0.15) is 0 Å². The lowest BCUT2D eigenvalue weighted by atomic mass is 9.95. The van der Waals surface area contributed by atoms with Gasteiger partial charge in [-0.15, -0.1) is 0 Å². The minimum absolute atomic E-state index is 0.127. The maximum atomic E-state index is 12.9. The maximum Gasteiger partial charge on any atom is 0.246 e. The largest absolute Gasteiger partial charge is 0.272 e. The molecule has 0 spiro atoms. The molecule has 0 radical (unpaired) electrons. The first-order valence-electron chi connectivity index (χ1n) is 9.15. The predicted octanol–water partition coefficient (Wildman–Crippen LogP) is 4.20. The van der Waals surface area contributed by atoms with Crippen LogP contribution in [0.15, 0.2) is 30.7 Å². The Balaban J connectivity index is 0.00000109. The van der Waals surface area contributed by atoms with Crippen LogP contribution in [0.1, 0.15) is 53.3 Å². The van der Waals surface area contributed by atoms with Gasteiger partial charge in [0.05, 0.1) is 11.9 Å². The van der Waals surface area contributed by atoms with Crippen molar-refractivity contribution in [1.82, 2.24) is 14.6 Å². The highest BCUT2D eigenvalue weighted by molar-refractivity contribution is 5.90. The summed E-state index contributed by atoms with van der Waals surface area (Å²) in [5.41, 5.74) is 1.39. The zero-order valence-electron chi connectivity index (χ0n) is 16.3. The van der Waals surface area contributed by atoms with Crippen molar-refractivity contribution < 1.29 is 4.79 Å². The monoisotopic (exact) mass is 342 g/mol. The zero-order chi connectivity index (χ0) is 18.6. The SMILES string of the molecule is CC.Cc1nc(-c2cccnc2)cn1N(CC1CC1)C(=O)C(C)(C)C.